The molecule has 3 unspecified atom stereocenters. The van der Waals surface area contributed by atoms with Crippen LogP contribution >= 0.6 is 0 Å². The first-order chi connectivity index (χ1) is 21.0. The highest BCUT2D eigenvalue weighted by Gasteiger charge is 2.55. The van der Waals surface area contributed by atoms with Crippen LogP contribution in [0.1, 0.15) is 54.0 Å². The minimum absolute atomic E-state index is 0.142. The van der Waals surface area contributed by atoms with Gasteiger partial charge < -0.3 is 38.5 Å². The van der Waals surface area contributed by atoms with Crippen LogP contribution in [0.25, 0.3) is 10.9 Å². The zero-order chi connectivity index (χ0) is 33.6. The highest BCUT2D eigenvalue weighted by atomic mass is 16.7. The molecule has 5 atom stereocenters. The molecule has 3 rings (SSSR count). The van der Waals surface area contributed by atoms with Crippen molar-refractivity contribution < 1.29 is 61.9 Å². The minimum atomic E-state index is -1.63. The normalized spacial score (nSPS) is 21.3. The third-order valence-corrected chi connectivity index (χ3v) is 6.30. The third kappa shape index (κ3) is 9.17. The van der Waals surface area contributed by atoms with Crippen LogP contribution < -0.4 is 10.1 Å². The molecule has 1 aliphatic heterocycles. The maximum Gasteiger partial charge on any atom is 0.419 e. The standard InChI is InChI=1S/C30H38N2O13/c1-15(33)31-12-11-19-14-32(29(38)45-30(5,6)7)22-10-9-20(13-21(19)22)43-28-26(42-18(4)36)24(41-17(3)35)23(40-16(2)34)25(44-28)27(37)39-8/h9-10,13-14,23-26,28H,11-12H2,1-8H3,(H,31,33)/t23-,24?,25?,26?,28-/m1/s1. The Hall–Kier alpha value is -4.66. The Balaban J connectivity index is 2.09. The molecule has 0 aliphatic carbocycles. The van der Waals surface area contributed by atoms with E-state index in [1.807, 2.05) is 0 Å². The molecule has 0 radical (unpaired) electrons. The third-order valence-electron chi connectivity index (χ3n) is 6.30. The average molecular weight is 635 g/mol. The van der Waals surface area contributed by atoms with E-state index in [0.717, 1.165) is 27.9 Å². The molecule has 1 fully saturated rings. The Kier molecular flexibility index (Phi) is 11.2. The van der Waals surface area contributed by atoms with Crippen molar-refractivity contribution >= 4 is 46.8 Å². The molecule has 2 aromatic rings. The number of ether oxygens (including phenoxy) is 7. The van der Waals surface area contributed by atoms with Crippen molar-refractivity contribution in [2.75, 3.05) is 13.7 Å². The van der Waals surface area contributed by atoms with Crippen LogP contribution in [-0.2, 0) is 58.8 Å². The van der Waals surface area contributed by atoms with Gasteiger partial charge in [-0.25, -0.2) is 9.59 Å². The maximum absolute atomic E-state index is 13.0. The SMILES string of the molecule is COC(=O)C1O[C@@H](Oc2ccc3c(c2)c(CCNC(C)=O)cn3C(=O)OC(C)(C)C)C(OC(C)=O)C(OC(C)=O)[C@H]1OC(C)=O. The Labute approximate surface area is 259 Å². The van der Waals surface area contributed by atoms with Crippen LogP contribution in [0, 0.1) is 0 Å². The summed E-state index contributed by atoms with van der Waals surface area (Å²) in [4.78, 5) is 73.4. The molecule has 1 aliphatic rings. The average Bonchev–Trinajstić information content (AvgIpc) is 3.27. The Morgan fingerprint density at radius 1 is 0.889 bits per heavy atom. The van der Waals surface area contributed by atoms with E-state index >= 15 is 0 Å². The monoisotopic (exact) mass is 634 g/mol. The van der Waals surface area contributed by atoms with E-state index in [-0.39, 0.29) is 18.2 Å². The molecule has 0 bridgehead atoms. The van der Waals surface area contributed by atoms with Crippen LogP contribution in [0.2, 0.25) is 0 Å². The molecule has 15 heteroatoms. The van der Waals surface area contributed by atoms with Gasteiger partial charge in [0.05, 0.1) is 12.6 Å². The van der Waals surface area contributed by atoms with E-state index in [4.69, 9.17) is 33.2 Å². The Morgan fingerprint density at radius 3 is 2.04 bits per heavy atom. The number of nitrogens with one attached hydrogen (secondary N) is 1. The number of benzene rings is 1. The first-order valence-corrected chi connectivity index (χ1v) is 14.0. The first-order valence-electron chi connectivity index (χ1n) is 14.0. The van der Waals surface area contributed by atoms with Gasteiger partial charge in [0.1, 0.15) is 11.4 Å². The minimum Gasteiger partial charge on any atom is -0.467 e. The van der Waals surface area contributed by atoms with Gasteiger partial charge in [-0.2, -0.15) is 0 Å². The van der Waals surface area contributed by atoms with Gasteiger partial charge in [0.2, 0.25) is 18.3 Å². The number of amides is 1. The summed E-state index contributed by atoms with van der Waals surface area (Å²) < 4.78 is 39.7. The molecule has 45 heavy (non-hydrogen) atoms. The van der Waals surface area contributed by atoms with Crippen molar-refractivity contribution in [3.8, 4) is 5.75 Å². The molecule has 1 aromatic heterocycles. The molecular formula is C30H38N2O13. The van der Waals surface area contributed by atoms with Gasteiger partial charge in [-0.05, 0) is 51.0 Å². The number of fused-ring (bicyclic) bond motifs is 1. The topological polar surface area (TPSA) is 184 Å². The number of carbonyl (C=O) groups excluding carboxylic acids is 6. The summed E-state index contributed by atoms with van der Waals surface area (Å²) in [6.07, 6.45) is -6.47. The second-order valence-electron chi connectivity index (χ2n) is 11.2. The summed E-state index contributed by atoms with van der Waals surface area (Å²) in [5.41, 5.74) is 0.363. The van der Waals surface area contributed by atoms with Crippen molar-refractivity contribution in [2.45, 2.75) is 91.2 Å². The van der Waals surface area contributed by atoms with Crippen LogP contribution in [0.3, 0.4) is 0 Å². The zero-order valence-corrected chi connectivity index (χ0v) is 26.4. The number of hydrogen-bond acceptors (Lipinski definition) is 13. The predicted molar refractivity (Wildman–Crippen MR) is 154 cm³/mol. The van der Waals surface area contributed by atoms with Gasteiger partial charge in [0.15, 0.2) is 18.3 Å². The lowest BCUT2D eigenvalue weighted by atomic mass is 9.97. The summed E-state index contributed by atoms with van der Waals surface area (Å²) in [6.45, 7) is 10.1. The van der Waals surface area contributed by atoms with Gasteiger partial charge in [-0.3, -0.25) is 23.7 Å². The zero-order valence-electron chi connectivity index (χ0n) is 26.4. The summed E-state index contributed by atoms with van der Waals surface area (Å²) in [5.74, 6) is -3.52. The van der Waals surface area contributed by atoms with Gasteiger partial charge in [-0.1, -0.05) is 0 Å². The van der Waals surface area contributed by atoms with Crippen molar-refractivity contribution in [2.24, 2.45) is 0 Å². The summed E-state index contributed by atoms with van der Waals surface area (Å²) in [6, 6.07) is 4.67. The fourth-order valence-electron chi connectivity index (χ4n) is 4.69. The number of nitrogens with zero attached hydrogens (tertiary/aromatic N) is 1. The molecule has 0 saturated carbocycles. The second kappa shape index (κ2) is 14.4. The molecule has 246 valence electrons. The quantitative estimate of drug-likeness (QED) is 0.313. The number of methoxy groups -OCH3 is 1. The Bertz CT molecular complexity index is 1460. The largest absolute Gasteiger partial charge is 0.467 e. The summed E-state index contributed by atoms with van der Waals surface area (Å²) >= 11 is 0. The van der Waals surface area contributed by atoms with E-state index in [2.05, 4.69) is 5.32 Å². The van der Waals surface area contributed by atoms with E-state index in [1.54, 1.807) is 39.1 Å². The predicted octanol–water partition coefficient (Wildman–Crippen LogP) is 2.17. The van der Waals surface area contributed by atoms with E-state index in [0.29, 0.717) is 22.9 Å². The van der Waals surface area contributed by atoms with Gasteiger partial charge in [0, 0.05) is 45.8 Å². The summed E-state index contributed by atoms with van der Waals surface area (Å²) in [5, 5.41) is 3.27. The highest BCUT2D eigenvalue weighted by molar-refractivity contribution is 5.93. The second-order valence-corrected chi connectivity index (χ2v) is 11.2. The highest BCUT2D eigenvalue weighted by Crippen LogP contribution is 2.33. The van der Waals surface area contributed by atoms with Crippen LogP contribution in [0.5, 0.6) is 5.75 Å². The molecular weight excluding hydrogens is 596 g/mol. The summed E-state index contributed by atoms with van der Waals surface area (Å²) in [7, 11) is 1.08. The van der Waals surface area contributed by atoms with E-state index < -0.39 is 66.3 Å². The van der Waals surface area contributed by atoms with Gasteiger partial charge >= 0.3 is 30.0 Å². The number of hydrogen-bond donors (Lipinski definition) is 1. The van der Waals surface area contributed by atoms with Crippen LogP contribution in [-0.4, -0.2) is 90.4 Å². The van der Waals surface area contributed by atoms with E-state index in [1.165, 1.54) is 17.6 Å². The lowest BCUT2D eigenvalue weighted by molar-refractivity contribution is -0.282. The van der Waals surface area contributed by atoms with Crippen molar-refractivity contribution in [1.82, 2.24) is 9.88 Å². The molecule has 15 nitrogen and oxygen atoms in total. The maximum atomic E-state index is 13.0. The van der Waals surface area contributed by atoms with Gasteiger partial charge in [-0.15, -0.1) is 0 Å². The molecule has 1 aromatic carbocycles. The smallest absolute Gasteiger partial charge is 0.419 e. The van der Waals surface area contributed by atoms with E-state index in [9.17, 15) is 28.8 Å². The molecule has 1 saturated heterocycles. The lowest BCUT2D eigenvalue weighted by Crippen LogP contribution is -2.64. The van der Waals surface area contributed by atoms with Crippen molar-refractivity contribution in [3.63, 3.8) is 0 Å². The molecule has 0 spiro atoms. The first kappa shape index (κ1) is 34.8. The van der Waals surface area contributed by atoms with Crippen LogP contribution in [0.15, 0.2) is 24.4 Å². The molecule has 1 amide bonds. The van der Waals surface area contributed by atoms with Crippen LogP contribution in [0.4, 0.5) is 4.79 Å². The fourth-order valence-corrected chi connectivity index (χ4v) is 4.69. The number of rotatable bonds is 9. The van der Waals surface area contributed by atoms with Crippen molar-refractivity contribution in [1.29, 1.82) is 0 Å². The van der Waals surface area contributed by atoms with Gasteiger partial charge in [0.25, 0.3) is 0 Å². The Morgan fingerprint density at radius 2 is 1.49 bits per heavy atom. The number of carbonyl (C=O) groups is 6. The number of esters is 4. The van der Waals surface area contributed by atoms with Crippen molar-refractivity contribution in [3.05, 3.63) is 30.0 Å². The molecule has 1 N–H and O–H groups in total. The lowest BCUT2D eigenvalue weighted by Gasteiger charge is -2.43. The molecule has 2 heterocycles. The fraction of sp³-hybridized carbons (Fsp3) is 0.533. The number of aromatic nitrogens is 1.